The van der Waals surface area contributed by atoms with E-state index in [1.165, 1.54) is 4.90 Å². The molecular formula is C18H17NO4. The number of fused-ring (bicyclic) bond motifs is 1. The normalized spacial score (nSPS) is 15.0. The molecule has 0 saturated carbocycles. The van der Waals surface area contributed by atoms with Gasteiger partial charge in [0, 0.05) is 11.1 Å². The van der Waals surface area contributed by atoms with Crippen LogP contribution in [-0.4, -0.2) is 32.0 Å². The number of aliphatic hydroxyl groups is 1. The second kappa shape index (κ2) is 6.14. The molecule has 1 heterocycles. The highest BCUT2D eigenvalue weighted by molar-refractivity contribution is 6.35. The van der Waals surface area contributed by atoms with Crippen LogP contribution in [0.1, 0.15) is 11.1 Å². The number of carbonyl (C=O) groups excluding carboxylic acids is 1. The molecule has 0 unspecified atom stereocenters. The zero-order valence-electron chi connectivity index (χ0n) is 12.9. The Bertz CT molecular complexity index is 782. The van der Waals surface area contributed by atoms with Crippen LogP contribution < -0.4 is 14.4 Å². The first-order chi connectivity index (χ1) is 11.2. The van der Waals surface area contributed by atoms with E-state index in [9.17, 15) is 9.90 Å². The molecule has 0 fully saturated rings. The summed E-state index contributed by atoms with van der Waals surface area (Å²) in [5, 5.41) is 9.48. The van der Waals surface area contributed by atoms with Gasteiger partial charge in [-0.15, -0.1) is 0 Å². The molecule has 1 aliphatic heterocycles. The van der Waals surface area contributed by atoms with Crippen molar-refractivity contribution in [3.05, 3.63) is 53.6 Å². The minimum Gasteiger partial charge on any atom is -0.497 e. The molecule has 5 nitrogen and oxygen atoms in total. The largest absolute Gasteiger partial charge is 0.497 e. The minimum absolute atomic E-state index is 0.237. The van der Waals surface area contributed by atoms with Crippen molar-refractivity contribution in [3.8, 4) is 11.5 Å². The van der Waals surface area contributed by atoms with E-state index in [0.717, 1.165) is 11.1 Å². The molecule has 1 amide bonds. The van der Waals surface area contributed by atoms with Crippen molar-refractivity contribution >= 4 is 23.2 Å². The van der Waals surface area contributed by atoms with Crippen molar-refractivity contribution in [2.24, 2.45) is 0 Å². The zero-order chi connectivity index (χ0) is 16.4. The molecule has 0 aromatic heterocycles. The van der Waals surface area contributed by atoms with Crippen molar-refractivity contribution in [2.75, 3.05) is 25.9 Å². The second-order valence-corrected chi connectivity index (χ2v) is 5.06. The lowest BCUT2D eigenvalue weighted by Gasteiger charge is -2.12. The first kappa shape index (κ1) is 15.1. The summed E-state index contributed by atoms with van der Waals surface area (Å²) in [5.41, 5.74) is 2.75. The van der Waals surface area contributed by atoms with Gasteiger partial charge in [-0.2, -0.15) is 0 Å². The third-order valence-electron chi connectivity index (χ3n) is 3.84. The van der Waals surface area contributed by atoms with Crippen LogP contribution in [0.15, 0.2) is 42.5 Å². The van der Waals surface area contributed by atoms with Gasteiger partial charge < -0.3 is 14.6 Å². The molecule has 0 aliphatic carbocycles. The summed E-state index contributed by atoms with van der Waals surface area (Å²) >= 11 is 0. The van der Waals surface area contributed by atoms with E-state index in [1.54, 1.807) is 32.4 Å². The molecule has 2 aromatic rings. The Morgan fingerprint density at radius 2 is 1.91 bits per heavy atom. The molecule has 1 N–H and O–H groups in total. The Balaban J connectivity index is 2.15. The molecule has 0 bridgehead atoms. The summed E-state index contributed by atoms with van der Waals surface area (Å²) in [6, 6.07) is 12.8. The first-order valence-electron chi connectivity index (χ1n) is 7.15. The molecular weight excluding hydrogens is 294 g/mol. The van der Waals surface area contributed by atoms with Crippen LogP contribution in [0.4, 0.5) is 5.69 Å². The smallest absolute Gasteiger partial charge is 0.260 e. The number of carbonyl (C=O) groups is 1. The van der Waals surface area contributed by atoms with Gasteiger partial charge in [0.05, 0.1) is 25.5 Å². The summed E-state index contributed by atoms with van der Waals surface area (Å²) in [4.78, 5) is 13.9. The van der Waals surface area contributed by atoms with E-state index in [2.05, 4.69) is 0 Å². The molecule has 5 heteroatoms. The summed E-state index contributed by atoms with van der Waals surface area (Å²) in [6.45, 7) is -0.359. The summed E-state index contributed by atoms with van der Waals surface area (Å²) in [5.74, 6) is 1.08. The van der Waals surface area contributed by atoms with E-state index >= 15 is 0 Å². The van der Waals surface area contributed by atoms with Crippen LogP contribution >= 0.6 is 0 Å². The number of ether oxygens (including phenoxy) is 2. The lowest BCUT2D eigenvalue weighted by atomic mass is 10.0. The maximum Gasteiger partial charge on any atom is 0.260 e. The molecule has 0 atom stereocenters. The maximum absolute atomic E-state index is 12.6. The number of benzene rings is 2. The zero-order valence-corrected chi connectivity index (χ0v) is 12.9. The highest BCUT2D eigenvalue weighted by atomic mass is 16.5. The molecule has 23 heavy (non-hydrogen) atoms. The molecule has 3 rings (SSSR count). The number of amides is 1. The third-order valence-corrected chi connectivity index (χ3v) is 3.84. The van der Waals surface area contributed by atoms with Crippen LogP contribution in [0.2, 0.25) is 0 Å². The van der Waals surface area contributed by atoms with Crippen molar-refractivity contribution in [3.63, 3.8) is 0 Å². The van der Waals surface area contributed by atoms with Crippen LogP contribution in [0.5, 0.6) is 11.5 Å². The predicted octanol–water partition coefficient (Wildman–Crippen LogP) is 2.54. The molecule has 0 spiro atoms. The van der Waals surface area contributed by atoms with E-state index in [4.69, 9.17) is 9.47 Å². The number of aliphatic hydroxyl groups excluding tert-OH is 1. The molecule has 0 saturated heterocycles. The maximum atomic E-state index is 12.6. The van der Waals surface area contributed by atoms with Gasteiger partial charge in [0.25, 0.3) is 5.91 Å². The van der Waals surface area contributed by atoms with Crippen molar-refractivity contribution in [1.29, 1.82) is 0 Å². The standard InChI is InChI=1S/C18H17NO4/c1-22-13-7-8-17(23-2)12(9-13)10-15-14-5-3-4-6-16(14)19(11-20)18(15)21/h3-10,20H,11H2,1-2H3/b15-10-. The molecule has 1 aliphatic rings. The van der Waals surface area contributed by atoms with Gasteiger partial charge in [-0.3, -0.25) is 9.69 Å². The number of para-hydroxylation sites is 1. The lowest BCUT2D eigenvalue weighted by Crippen LogP contribution is -2.26. The number of hydrogen-bond donors (Lipinski definition) is 1. The van der Waals surface area contributed by atoms with Gasteiger partial charge in [0.2, 0.25) is 0 Å². The van der Waals surface area contributed by atoms with E-state index in [-0.39, 0.29) is 12.6 Å². The van der Waals surface area contributed by atoms with Crippen LogP contribution in [0.3, 0.4) is 0 Å². The van der Waals surface area contributed by atoms with E-state index in [0.29, 0.717) is 22.8 Å². The fourth-order valence-corrected chi connectivity index (χ4v) is 2.69. The highest BCUT2D eigenvalue weighted by Crippen LogP contribution is 2.38. The Morgan fingerprint density at radius 3 is 2.61 bits per heavy atom. The first-order valence-corrected chi connectivity index (χ1v) is 7.15. The fraction of sp³-hybridized carbons (Fsp3) is 0.167. The topological polar surface area (TPSA) is 59.0 Å². The van der Waals surface area contributed by atoms with Crippen molar-refractivity contribution in [2.45, 2.75) is 0 Å². The Kier molecular flexibility index (Phi) is 4.04. The summed E-state index contributed by atoms with van der Waals surface area (Å²) < 4.78 is 10.6. The Labute approximate surface area is 134 Å². The predicted molar refractivity (Wildman–Crippen MR) is 88.4 cm³/mol. The van der Waals surface area contributed by atoms with Crippen molar-refractivity contribution < 1.29 is 19.4 Å². The number of anilines is 1. The van der Waals surface area contributed by atoms with Gasteiger partial charge in [0.15, 0.2) is 0 Å². The highest BCUT2D eigenvalue weighted by Gasteiger charge is 2.31. The minimum atomic E-state index is -0.359. The van der Waals surface area contributed by atoms with E-state index < -0.39 is 0 Å². The quantitative estimate of drug-likeness (QED) is 0.882. The molecule has 118 valence electrons. The Hall–Kier alpha value is -2.79. The summed E-state index contributed by atoms with van der Waals surface area (Å²) in [6.07, 6.45) is 1.76. The number of methoxy groups -OCH3 is 2. The van der Waals surface area contributed by atoms with Gasteiger partial charge >= 0.3 is 0 Å². The number of nitrogens with zero attached hydrogens (tertiary/aromatic N) is 1. The third kappa shape index (κ3) is 2.55. The van der Waals surface area contributed by atoms with Crippen LogP contribution in [-0.2, 0) is 4.79 Å². The lowest BCUT2D eigenvalue weighted by molar-refractivity contribution is -0.113. The van der Waals surface area contributed by atoms with Crippen LogP contribution in [0, 0.1) is 0 Å². The number of rotatable bonds is 4. The molecule has 0 radical (unpaired) electrons. The van der Waals surface area contributed by atoms with Crippen molar-refractivity contribution in [1.82, 2.24) is 0 Å². The summed E-state index contributed by atoms with van der Waals surface area (Å²) in [7, 11) is 3.16. The average molecular weight is 311 g/mol. The average Bonchev–Trinajstić information content (AvgIpc) is 2.86. The monoisotopic (exact) mass is 311 g/mol. The second-order valence-electron chi connectivity index (χ2n) is 5.06. The van der Waals surface area contributed by atoms with Gasteiger partial charge in [-0.25, -0.2) is 0 Å². The SMILES string of the molecule is COc1ccc(OC)c(/C=C2\C(=O)N(CO)c3ccccc32)c1. The number of hydrogen-bond acceptors (Lipinski definition) is 4. The van der Waals surface area contributed by atoms with Crippen LogP contribution in [0.25, 0.3) is 11.6 Å². The van der Waals surface area contributed by atoms with Gasteiger partial charge in [-0.1, -0.05) is 18.2 Å². The molecule has 2 aromatic carbocycles. The van der Waals surface area contributed by atoms with Gasteiger partial charge in [0.1, 0.15) is 18.2 Å². The van der Waals surface area contributed by atoms with Gasteiger partial charge in [-0.05, 0) is 30.3 Å². The van der Waals surface area contributed by atoms with E-state index in [1.807, 2.05) is 30.3 Å². The Morgan fingerprint density at radius 1 is 1.13 bits per heavy atom. The fourth-order valence-electron chi connectivity index (χ4n) is 2.69.